The number of hydrogen-bond acceptors (Lipinski definition) is 9. The van der Waals surface area contributed by atoms with Gasteiger partial charge in [0.2, 0.25) is 0 Å². The zero-order valence-corrected chi connectivity index (χ0v) is 20.9. The van der Waals surface area contributed by atoms with Crippen molar-refractivity contribution in [2.75, 3.05) is 19.0 Å². The van der Waals surface area contributed by atoms with E-state index in [-0.39, 0.29) is 0 Å². The highest BCUT2D eigenvalue weighted by Gasteiger charge is 2.10. The Balaban J connectivity index is 1.24. The second kappa shape index (κ2) is 11.7. The minimum absolute atomic E-state index is 0.562. The van der Waals surface area contributed by atoms with Gasteiger partial charge in [-0.25, -0.2) is 15.0 Å². The van der Waals surface area contributed by atoms with Crippen molar-refractivity contribution in [3.63, 3.8) is 0 Å². The normalized spacial score (nSPS) is 11.3. The van der Waals surface area contributed by atoms with Gasteiger partial charge in [0.1, 0.15) is 29.3 Å². The molecule has 0 spiro atoms. The first kappa shape index (κ1) is 24.6. The number of anilines is 1. The molecule has 4 heterocycles. The number of imidazole rings is 1. The SMILES string of the molecule is CN/N=C(\C=N)c1ccc(CNc2cc(-c3cnc4cc(OCCc5cccnc5)ccn34)ncn2)cc1. The van der Waals surface area contributed by atoms with Crippen LogP contribution in [0, 0.1) is 5.41 Å². The molecule has 5 aromatic rings. The van der Waals surface area contributed by atoms with E-state index in [9.17, 15) is 0 Å². The third kappa shape index (κ3) is 5.81. The lowest BCUT2D eigenvalue weighted by molar-refractivity contribution is 0.322. The van der Waals surface area contributed by atoms with Gasteiger partial charge in [0.25, 0.3) is 0 Å². The summed E-state index contributed by atoms with van der Waals surface area (Å²) in [5, 5.41) is 15.0. The first-order chi connectivity index (χ1) is 18.7. The minimum atomic E-state index is 0.562. The molecular weight excluding hydrogens is 478 g/mol. The Hall–Kier alpha value is -5.12. The van der Waals surface area contributed by atoms with Crippen LogP contribution in [0.1, 0.15) is 16.7 Å². The Morgan fingerprint density at radius 2 is 1.95 bits per heavy atom. The molecule has 0 saturated carbocycles. The molecule has 4 aromatic heterocycles. The molecule has 10 heteroatoms. The molecule has 10 nitrogen and oxygen atoms in total. The van der Waals surface area contributed by atoms with Gasteiger partial charge in [-0.1, -0.05) is 30.3 Å². The Morgan fingerprint density at radius 1 is 1.05 bits per heavy atom. The maximum absolute atomic E-state index is 7.51. The average molecular weight is 506 g/mol. The molecule has 0 aliphatic carbocycles. The lowest BCUT2D eigenvalue weighted by atomic mass is 10.1. The summed E-state index contributed by atoms with van der Waals surface area (Å²) in [6.07, 6.45) is 10.9. The van der Waals surface area contributed by atoms with Gasteiger partial charge < -0.3 is 20.9 Å². The number of aromatic nitrogens is 5. The number of nitrogens with zero attached hydrogens (tertiary/aromatic N) is 6. The maximum atomic E-state index is 7.51. The van der Waals surface area contributed by atoms with Gasteiger partial charge in [0, 0.05) is 62.5 Å². The Kier molecular flexibility index (Phi) is 7.59. The smallest absolute Gasteiger partial charge is 0.140 e. The summed E-state index contributed by atoms with van der Waals surface area (Å²) in [5.74, 6) is 1.47. The monoisotopic (exact) mass is 505 g/mol. The molecule has 38 heavy (non-hydrogen) atoms. The number of ether oxygens (including phenoxy) is 1. The topological polar surface area (TPSA) is 125 Å². The van der Waals surface area contributed by atoms with E-state index in [1.165, 1.54) is 6.21 Å². The zero-order chi connectivity index (χ0) is 26.2. The highest BCUT2D eigenvalue weighted by Crippen LogP contribution is 2.23. The van der Waals surface area contributed by atoms with Crippen LogP contribution in [-0.2, 0) is 13.0 Å². The van der Waals surface area contributed by atoms with E-state index in [1.54, 1.807) is 25.8 Å². The molecule has 0 atom stereocenters. The number of benzene rings is 1. The molecular formula is C28H27N9O. The number of rotatable bonds is 11. The first-order valence-corrected chi connectivity index (χ1v) is 12.1. The average Bonchev–Trinajstić information content (AvgIpc) is 3.39. The minimum Gasteiger partial charge on any atom is -0.493 e. The lowest BCUT2D eigenvalue weighted by Gasteiger charge is -2.09. The first-order valence-electron chi connectivity index (χ1n) is 12.1. The van der Waals surface area contributed by atoms with Crippen molar-refractivity contribution in [2.45, 2.75) is 13.0 Å². The van der Waals surface area contributed by atoms with E-state index >= 15 is 0 Å². The van der Waals surface area contributed by atoms with Crippen molar-refractivity contribution in [1.82, 2.24) is 29.8 Å². The van der Waals surface area contributed by atoms with Gasteiger partial charge in [-0.05, 0) is 23.3 Å². The van der Waals surface area contributed by atoms with Crippen LogP contribution in [0.4, 0.5) is 5.82 Å². The van der Waals surface area contributed by atoms with Crippen LogP contribution in [0.2, 0.25) is 0 Å². The quantitative estimate of drug-likeness (QED) is 0.183. The molecule has 0 saturated heterocycles. The van der Waals surface area contributed by atoms with E-state index in [2.05, 4.69) is 35.8 Å². The summed E-state index contributed by atoms with van der Waals surface area (Å²) in [6.45, 7) is 1.15. The van der Waals surface area contributed by atoms with E-state index in [4.69, 9.17) is 10.1 Å². The molecule has 0 fully saturated rings. The molecule has 5 rings (SSSR count). The molecule has 190 valence electrons. The Labute approximate surface area is 220 Å². The highest BCUT2D eigenvalue weighted by atomic mass is 16.5. The summed E-state index contributed by atoms with van der Waals surface area (Å²) in [7, 11) is 1.71. The highest BCUT2D eigenvalue weighted by molar-refractivity contribution is 6.37. The van der Waals surface area contributed by atoms with Crippen LogP contribution in [0.25, 0.3) is 17.0 Å². The standard InChI is InChI=1S/C28H27N9O/c1-30-36-25(15-29)22-6-4-21(5-7-22)17-32-27-14-24(34-19-35-27)26-18-33-28-13-23(8-11-37(26)28)38-12-9-20-3-2-10-31-16-20/h2-8,10-11,13-16,18-19,29-30H,9,12,17H2,1H3,(H,32,34,35)/b29-15?,36-25+. The number of pyridine rings is 2. The van der Waals surface area contributed by atoms with Crippen LogP contribution in [-0.4, -0.2) is 49.9 Å². The fourth-order valence-corrected chi connectivity index (χ4v) is 3.95. The molecule has 0 radical (unpaired) electrons. The van der Waals surface area contributed by atoms with Crippen molar-refractivity contribution in [3.05, 3.63) is 102 Å². The van der Waals surface area contributed by atoms with Crippen molar-refractivity contribution in [1.29, 1.82) is 5.41 Å². The van der Waals surface area contributed by atoms with Gasteiger partial charge in [-0.3, -0.25) is 9.38 Å². The maximum Gasteiger partial charge on any atom is 0.140 e. The van der Waals surface area contributed by atoms with E-state index in [1.807, 2.05) is 71.4 Å². The van der Waals surface area contributed by atoms with E-state index < -0.39 is 0 Å². The molecule has 3 N–H and O–H groups in total. The third-order valence-electron chi connectivity index (χ3n) is 5.89. The van der Waals surface area contributed by atoms with Gasteiger partial charge in [-0.2, -0.15) is 5.10 Å². The van der Waals surface area contributed by atoms with Gasteiger partial charge in [0.05, 0.1) is 24.2 Å². The van der Waals surface area contributed by atoms with E-state index in [0.717, 1.165) is 45.9 Å². The predicted octanol–water partition coefficient (Wildman–Crippen LogP) is 3.99. The Morgan fingerprint density at radius 3 is 2.74 bits per heavy atom. The second-order valence-corrected chi connectivity index (χ2v) is 8.40. The van der Waals surface area contributed by atoms with Gasteiger partial charge in [0.15, 0.2) is 0 Å². The molecule has 0 amide bonds. The Bertz CT molecular complexity index is 1550. The molecule has 0 unspecified atom stereocenters. The summed E-state index contributed by atoms with van der Waals surface area (Å²) in [4.78, 5) is 17.5. The lowest BCUT2D eigenvalue weighted by Crippen LogP contribution is -2.08. The van der Waals surface area contributed by atoms with Crippen molar-refractivity contribution < 1.29 is 4.74 Å². The fraction of sp³-hybridized carbons (Fsp3) is 0.143. The number of hydrazone groups is 1. The molecule has 0 bridgehead atoms. The second-order valence-electron chi connectivity index (χ2n) is 8.40. The van der Waals surface area contributed by atoms with Crippen LogP contribution in [0.15, 0.2) is 90.8 Å². The summed E-state index contributed by atoms with van der Waals surface area (Å²) < 4.78 is 7.91. The predicted molar refractivity (Wildman–Crippen MR) is 148 cm³/mol. The largest absolute Gasteiger partial charge is 0.493 e. The zero-order valence-electron chi connectivity index (χ0n) is 20.9. The van der Waals surface area contributed by atoms with Gasteiger partial charge >= 0.3 is 0 Å². The van der Waals surface area contributed by atoms with Crippen LogP contribution in [0.5, 0.6) is 5.75 Å². The third-order valence-corrected chi connectivity index (χ3v) is 5.89. The summed E-state index contributed by atoms with van der Waals surface area (Å²) in [5.41, 5.74) is 8.77. The van der Waals surface area contributed by atoms with Crippen molar-refractivity contribution >= 4 is 23.4 Å². The molecule has 0 aliphatic rings. The summed E-state index contributed by atoms with van der Waals surface area (Å²) in [6, 6.07) is 17.6. The molecule has 1 aromatic carbocycles. The molecule has 0 aliphatic heterocycles. The number of hydrogen-bond donors (Lipinski definition) is 3. The number of nitrogens with one attached hydrogen (secondary N) is 3. The van der Waals surface area contributed by atoms with Crippen molar-refractivity contribution in [3.8, 4) is 17.1 Å². The fourth-order valence-electron chi connectivity index (χ4n) is 3.95. The van der Waals surface area contributed by atoms with Crippen molar-refractivity contribution in [2.24, 2.45) is 5.10 Å². The van der Waals surface area contributed by atoms with Crippen LogP contribution >= 0.6 is 0 Å². The van der Waals surface area contributed by atoms with Crippen LogP contribution in [0.3, 0.4) is 0 Å². The van der Waals surface area contributed by atoms with E-state index in [0.29, 0.717) is 24.7 Å². The van der Waals surface area contributed by atoms with Crippen LogP contribution < -0.4 is 15.5 Å². The summed E-state index contributed by atoms with van der Waals surface area (Å²) >= 11 is 0. The van der Waals surface area contributed by atoms with Gasteiger partial charge in [-0.15, -0.1) is 0 Å². The number of fused-ring (bicyclic) bond motifs is 1.